The molecule has 2 aliphatic rings. The van der Waals surface area contributed by atoms with Crippen molar-refractivity contribution in [3.05, 3.63) is 34.9 Å². The van der Waals surface area contributed by atoms with Crippen LogP contribution < -0.4 is 5.73 Å². The van der Waals surface area contributed by atoms with Crippen LogP contribution in [0, 0.1) is 0 Å². The largest absolute Gasteiger partial charge is 0.391 e. The topological polar surface area (TPSA) is 119 Å². The zero-order valence-corrected chi connectivity index (χ0v) is 15.3. The number of nitrogens with zero attached hydrogens (tertiary/aromatic N) is 3. The number of nitrogens with two attached hydrogens (primary N) is 1. The number of hydrogen-bond acceptors (Lipinski definition) is 6. The molecule has 144 valence electrons. The molecule has 2 heterocycles. The molecule has 1 aromatic rings. The Bertz CT molecular complexity index is 818. The van der Waals surface area contributed by atoms with Crippen molar-refractivity contribution in [1.29, 1.82) is 0 Å². The molecule has 0 bridgehead atoms. The SMILES string of the molecule is CCCN(O)C(=O)C1=Cc2ccc(C(=O)N3CCC(O)C3)cc2N=C(N)C1. The fourth-order valence-electron chi connectivity index (χ4n) is 3.25. The van der Waals surface area contributed by atoms with Gasteiger partial charge < -0.3 is 15.7 Å². The van der Waals surface area contributed by atoms with Crippen LogP contribution in [0.1, 0.15) is 42.1 Å². The minimum atomic E-state index is -0.506. The summed E-state index contributed by atoms with van der Waals surface area (Å²) in [5, 5.41) is 20.2. The summed E-state index contributed by atoms with van der Waals surface area (Å²) in [6.07, 6.45) is 2.49. The van der Waals surface area contributed by atoms with E-state index in [2.05, 4.69) is 4.99 Å². The van der Waals surface area contributed by atoms with Crippen molar-refractivity contribution >= 4 is 29.4 Å². The van der Waals surface area contributed by atoms with E-state index in [0.717, 1.165) is 0 Å². The molecule has 0 saturated carbocycles. The molecule has 4 N–H and O–H groups in total. The molecule has 2 aliphatic heterocycles. The van der Waals surface area contributed by atoms with Crippen molar-refractivity contribution in [3.8, 4) is 0 Å². The van der Waals surface area contributed by atoms with E-state index in [1.807, 2.05) is 6.92 Å². The molecule has 2 amide bonds. The fourth-order valence-corrected chi connectivity index (χ4v) is 3.25. The Labute approximate surface area is 157 Å². The molecular weight excluding hydrogens is 348 g/mol. The lowest BCUT2D eigenvalue weighted by Gasteiger charge is -2.16. The van der Waals surface area contributed by atoms with Crippen LogP contribution in [0.3, 0.4) is 0 Å². The summed E-state index contributed by atoms with van der Waals surface area (Å²) < 4.78 is 0. The van der Waals surface area contributed by atoms with E-state index in [9.17, 15) is 19.9 Å². The molecule has 1 unspecified atom stereocenters. The standard InChI is InChI=1S/C19H24N4O4/c1-2-6-23(27)19(26)14-8-12-3-4-13(9-16(12)21-17(20)10-14)18(25)22-7-5-15(24)11-22/h3-4,8-9,15,24,27H,2,5-7,10-11H2,1H3,(H2,20,21). The maximum absolute atomic E-state index is 12.6. The minimum Gasteiger partial charge on any atom is -0.391 e. The summed E-state index contributed by atoms with van der Waals surface area (Å²) in [5.41, 5.74) is 7.90. The molecule has 1 aromatic carbocycles. The van der Waals surface area contributed by atoms with E-state index in [1.165, 1.54) is 0 Å². The lowest BCUT2D eigenvalue weighted by atomic mass is 10.0. The van der Waals surface area contributed by atoms with Crippen molar-refractivity contribution in [1.82, 2.24) is 9.96 Å². The first-order valence-corrected chi connectivity index (χ1v) is 9.04. The predicted molar refractivity (Wildman–Crippen MR) is 101 cm³/mol. The molecule has 0 radical (unpaired) electrons. The van der Waals surface area contributed by atoms with Crippen molar-refractivity contribution in [2.24, 2.45) is 10.7 Å². The van der Waals surface area contributed by atoms with E-state index in [4.69, 9.17) is 5.73 Å². The van der Waals surface area contributed by atoms with Gasteiger partial charge in [-0.2, -0.15) is 0 Å². The second-order valence-corrected chi connectivity index (χ2v) is 6.85. The normalized spacial score (nSPS) is 19.1. The van der Waals surface area contributed by atoms with Gasteiger partial charge in [0.25, 0.3) is 11.8 Å². The third-order valence-electron chi connectivity index (χ3n) is 4.64. The molecular formula is C19H24N4O4. The van der Waals surface area contributed by atoms with Crippen molar-refractivity contribution in [2.45, 2.75) is 32.3 Å². The van der Waals surface area contributed by atoms with Crippen LogP contribution in [0.25, 0.3) is 6.08 Å². The summed E-state index contributed by atoms with van der Waals surface area (Å²) >= 11 is 0. The van der Waals surface area contributed by atoms with Crippen molar-refractivity contribution in [3.63, 3.8) is 0 Å². The van der Waals surface area contributed by atoms with E-state index in [1.54, 1.807) is 29.2 Å². The van der Waals surface area contributed by atoms with E-state index in [-0.39, 0.29) is 24.7 Å². The summed E-state index contributed by atoms with van der Waals surface area (Å²) in [6.45, 7) is 2.94. The van der Waals surface area contributed by atoms with Gasteiger partial charge in [-0.25, -0.2) is 10.1 Å². The molecule has 27 heavy (non-hydrogen) atoms. The Balaban J connectivity index is 1.89. The van der Waals surface area contributed by atoms with Gasteiger partial charge in [-0.1, -0.05) is 13.0 Å². The number of fused-ring (bicyclic) bond motifs is 1. The third-order valence-corrected chi connectivity index (χ3v) is 4.64. The van der Waals surface area contributed by atoms with Gasteiger partial charge in [0, 0.05) is 42.8 Å². The molecule has 1 atom stereocenters. The molecule has 0 aliphatic carbocycles. The highest BCUT2D eigenvalue weighted by atomic mass is 16.5. The Morgan fingerprint density at radius 3 is 2.85 bits per heavy atom. The Hall–Kier alpha value is -2.71. The minimum absolute atomic E-state index is 0.121. The van der Waals surface area contributed by atoms with Crippen LogP contribution in [0.5, 0.6) is 0 Å². The van der Waals surface area contributed by atoms with Crippen LogP contribution in [0.2, 0.25) is 0 Å². The number of amides is 2. The average Bonchev–Trinajstić information content (AvgIpc) is 2.99. The molecule has 0 spiro atoms. The van der Waals surface area contributed by atoms with Gasteiger partial charge in [-0.15, -0.1) is 0 Å². The highest BCUT2D eigenvalue weighted by Gasteiger charge is 2.26. The molecule has 8 nitrogen and oxygen atoms in total. The zero-order valence-electron chi connectivity index (χ0n) is 15.3. The zero-order chi connectivity index (χ0) is 19.6. The highest BCUT2D eigenvalue weighted by Crippen LogP contribution is 2.29. The predicted octanol–water partition coefficient (Wildman–Crippen LogP) is 1.30. The van der Waals surface area contributed by atoms with E-state index >= 15 is 0 Å². The van der Waals surface area contributed by atoms with Crippen LogP contribution in [-0.4, -0.2) is 63.7 Å². The number of β-amino-alcohol motifs (C(OH)–C–C–N with tert-alkyl or cyclic N) is 1. The van der Waals surface area contributed by atoms with Gasteiger partial charge in [0.2, 0.25) is 0 Å². The highest BCUT2D eigenvalue weighted by molar-refractivity contribution is 6.05. The number of amidine groups is 1. The summed E-state index contributed by atoms with van der Waals surface area (Å²) in [5.74, 6) is -0.439. The number of likely N-dealkylation sites (tertiary alicyclic amines) is 1. The first kappa shape index (κ1) is 19.1. The maximum Gasteiger partial charge on any atom is 0.273 e. The number of aliphatic hydroxyl groups excluding tert-OH is 1. The van der Waals surface area contributed by atoms with Crippen LogP contribution in [-0.2, 0) is 4.79 Å². The second kappa shape index (κ2) is 7.89. The number of aliphatic hydroxyl groups is 1. The number of benzene rings is 1. The molecule has 1 fully saturated rings. The van der Waals surface area contributed by atoms with E-state index < -0.39 is 12.0 Å². The summed E-state index contributed by atoms with van der Waals surface area (Å²) in [4.78, 5) is 30.9. The quantitative estimate of drug-likeness (QED) is 0.544. The first-order chi connectivity index (χ1) is 12.9. The lowest BCUT2D eigenvalue weighted by Crippen LogP contribution is -2.30. The summed E-state index contributed by atoms with van der Waals surface area (Å²) in [6, 6.07) is 5.03. The monoisotopic (exact) mass is 372 g/mol. The lowest BCUT2D eigenvalue weighted by molar-refractivity contribution is -0.160. The first-order valence-electron chi connectivity index (χ1n) is 9.04. The fraction of sp³-hybridized carbons (Fsp3) is 0.421. The summed E-state index contributed by atoms with van der Waals surface area (Å²) in [7, 11) is 0. The Morgan fingerprint density at radius 1 is 1.41 bits per heavy atom. The van der Waals surface area contributed by atoms with Gasteiger partial charge in [-0.3, -0.25) is 14.8 Å². The Morgan fingerprint density at radius 2 is 2.19 bits per heavy atom. The van der Waals surface area contributed by atoms with Crippen LogP contribution in [0.15, 0.2) is 28.8 Å². The second-order valence-electron chi connectivity index (χ2n) is 6.85. The van der Waals surface area contributed by atoms with Crippen LogP contribution in [0.4, 0.5) is 5.69 Å². The maximum atomic E-state index is 12.6. The third kappa shape index (κ3) is 4.17. The van der Waals surface area contributed by atoms with E-state index in [0.29, 0.717) is 53.4 Å². The number of rotatable bonds is 4. The van der Waals surface area contributed by atoms with Gasteiger partial charge in [-0.05, 0) is 31.1 Å². The Kier molecular flexibility index (Phi) is 5.57. The van der Waals surface area contributed by atoms with Gasteiger partial charge in [0.15, 0.2) is 0 Å². The van der Waals surface area contributed by atoms with Gasteiger partial charge in [0.05, 0.1) is 11.8 Å². The number of carbonyl (C=O) groups excluding carboxylic acids is 2. The number of aliphatic imine (C=N–C) groups is 1. The molecule has 8 heteroatoms. The average molecular weight is 372 g/mol. The number of hydrogen-bond donors (Lipinski definition) is 3. The van der Waals surface area contributed by atoms with Crippen LogP contribution >= 0.6 is 0 Å². The number of carbonyl (C=O) groups is 2. The van der Waals surface area contributed by atoms with Crippen molar-refractivity contribution in [2.75, 3.05) is 19.6 Å². The molecule has 3 rings (SSSR count). The van der Waals surface area contributed by atoms with Gasteiger partial charge in [0.1, 0.15) is 5.84 Å². The smallest absolute Gasteiger partial charge is 0.273 e. The number of hydroxylamine groups is 2. The molecule has 1 saturated heterocycles. The molecule has 0 aromatic heterocycles. The van der Waals surface area contributed by atoms with Crippen molar-refractivity contribution < 1.29 is 19.9 Å². The van der Waals surface area contributed by atoms with Gasteiger partial charge >= 0.3 is 0 Å².